The van der Waals surface area contributed by atoms with Crippen LogP contribution in [-0.4, -0.2) is 35.8 Å². The van der Waals surface area contributed by atoms with Gasteiger partial charge in [0, 0.05) is 30.1 Å². The van der Waals surface area contributed by atoms with Gasteiger partial charge in [0.2, 0.25) is 11.8 Å². The molecule has 2 aliphatic rings. The van der Waals surface area contributed by atoms with Gasteiger partial charge in [-0.15, -0.1) is 0 Å². The topological polar surface area (TPSA) is 77.7 Å². The van der Waals surface area contributed by atoms with Crippen molar-refractivity contribution in [2.45, 2.75) is 38.5 Å². The molecule has 0 bridgehead atoms. The minimum Gasteiger partial charge on any atom is -0.486 e. The molecule has 7 nitrogen and oxygen atoms in total. The summed E-state index contributed by atoms with van der Waals surface area (Å²) in [6.45, 7) is 7.67. The zero-order valence-electron chi connectivity index (χ0n) is 14.6. The van der Waals surface area contributed by atoms with Gasteiger partial charge in [0.15, 0.2) is 17.3 Å². The Morgan fingerprint density at radius 1 is 1.16 bits per heavy atom. The third-order valence-corrected chi connectivity index (χ3v) is 4.42. The Morgan fingerprint density at radius 3 is 2.64 bits per heavy atom. The van der Waals surface area contributed by atoms with Gasteiger partial charge in [-0.2, -0.15) is 4.98 Å². The summed E-state index contributed by atoms with van der Waals surface area (Å²) < 4.78 is 16.6. The first-order valence-electron chi connectivity index (χ1n) is 8.46. The molecule has 1 saturated heterocycles. The summed E-state index contributed by atoms with van der Waals surface area (Å²) in [6, 6.07) is 5.57. The van der Waals surface area contributed by atoms with Crippen LogP contribution >= 0.6 is 0 Å². The SMILES string of the molecule is CC(C)(C)c1noc([C@@H]2CC(=O)N(c3ccc4c(c3)OCCO4)C2)n1. The molecule has 1 fully saturated rings. The molecule has 0 aliphatic carbocycles. The number of nitrogens with zero attached hydrogens (tertiary/aromatic N) is 3. The number of aromatic nitrogens is 2. The molecular weight excluding hydrogens is 322 g/mol. The second-order valence-electron chi connectivity index (χ2n) is 7.44. The van der Waals surface area contributed by atoms with E-state index in [1.807, 2.05) is 39.0 Å². The Hall–Kier alpha value is -2.57. The Kier molecular flexibility index (Phi) is 3.67. The van der Waals surface area contributed by atoms with Gasteiger partial charge >= 0.3 is 0 Å². The van der Waals surface area contributed by atoms with E-state index in [1.54, 1.807) is 4.90 Å². The fourth-order valence-electron chi connectivity index (χ4n) is 3.03. The lowest BCUT2D eigenvalue weighted by atomic mass is 9.96. The maximum atomic E-state index is 12.5. The van der Waals surface area contributed by atoms with Gasteiger partial charge in [-0.1, -0.05) is 25.9 Å². The van der Waals surface area contributed by atoms with Gasteiger partial charge < -0.3 is 18.9 Å². The Labute approximate surface area is 145 Å². The number of ether oxygens (including phenoxy) is 2. The number of benzene rings is 1. The van der Waals surface area contributed by atoms with Gasteiger partial charge in [0.25, 0.3) is 0 Å². The molecule has 25 heavy (non-hydrogen) atoms. The Balaban J connectivity index is 1.55. The maximum Gasteiger partial charge on any atom is 0.232 e. The lowest BCUT2D eigenvalue weighted by molar-refractivity contribution is -0.117. The lowest BCUT2D eigenvalue weighted by Crippen LogP contribution is -2.25. The van der Waals surface area contributed by atoms with Gasteiger partial charge in [-0.3, -0.25) is 4.79 Å². The number of amides is 1. The highest BCUT2D eigenvalue weighted by molar-refractivity contribution is 5.96. The molecule has 0 radical (unpaired) electrons. The van der Waals surface area contributed by atoms with Gasteiger partial charge in [0.05, 0.1) is 5.92 Å². The molecule has 7 heteroatoms. The minimum atomic E-state index is -0.181. The highest BCUT2D eigenvalue weighted by Gasteiger charge is 2.36. The zero-order valence-corrected chi connectivity index (χ0v) is 14.6. The average molecular weight is 343 g/mol. The van der Waals surface area contributed by atoms with E-state index < -0.39 is 0 Å². The number of fused-ring (bicyclic) bond motifs is 1. The van der Waals surface area contributed by atoms with Crippen LogP contribution in [0.15, 0.2) is 22.7 Å². The molecular formula is C18H21N3O4. The standard InChI is InChI=1S/C18H21N3O4/c1-18(2,3)17-19-16(25-20-17)11-8-15(22)21(10-11)12-4-5-13-14(9-12)24-7-6-23-13/h4-5,9,11H,6-8,10H2,1-3H3/t11-/m1/s1. The molecule has 4 rings (SSSR count). The van der Waals surface area contributed by atoms with Crippen LogP contribution in [0.3, 0.4) is 0 Å². The predicted molar refractivity (Wildman–Crippen MR) is 90.1 cm³/mol. The summed E-state index contributed by atoms with van der Waals surface area (Å²) >= 11 is 0. The summed E-state index contributed by atoms with van der Waals surface area (Å²) in [4.78, 5) is 18.7. The number of hydrogen-bond acceptors (Lipinski definition) is 6. The molecule has 1 aromatic heterocycles. The molecule has 0 unspecified atom stereocenters. The van der Waals surface area contributed by atoms with Crippen LogP contribution in [0.5, 0.6) is 11.5 Å². The van der Waals surface area contributed by atoms with Crippen molar-refractivity contribution >= 4 is 11.6 Å². The molecule has 1 amide bonds. The molecule has 1 aromatic carbocycles. The lowest BCUT2D eigenvalue weighted by Gasteiger charge is -2.22. The maximum absolute atomic E-state index is 12.5. The van der Waals surface area contributed by atoms with Crippen LogP contribution in [0.2, 0.25) is 0 Å². The van der Waals surface area contributed by atoms with Crippen molar-refractivity contribution in [2.24, 2.45) is 0 Å². The molecule has 3 heterocycles. The van der Waals surface area contributed by atoms with Crippen molar-refractivity contribution in [3.8, 4) is 11.5 Å². The van der Waals surface area contributed by atoms with E-state index in [4.69, 9.17) is 14.0 Å². The van der Waals surface area contributed by atoms with Crippen molar-refractivity contribution in [3.05, 3.63) is 29.9 Å². The van der Waals surface area contributed by atoms with E-state index in [9.17, 15) is 4.79 Å². The van der Waals surface area contributed by atoms with Gasteiger partial charge in [0.1, 0.15) is 13.2 Å². The van der Waals surface area contributed by atoms with Crippen molar-refractivity contribution in [1.82, 2.24) is 10.1 Å². The number of hydrogen-bond donors (Lipinski definition) is 0. The zero-order chi connectivity index (χ0) is 17.6. The fourth-order valence-corrected chi connectivity index (χ4v) is 3.03. The van der Waals surface area contributed by atoms with Crippen LogP contribution in [-0.2, 0) is 10.2 Å². The second kappa shape index (κ2) is 5.75. The minimum absolute atomic E-state index is 0.0391. The average Bonchev–Trinajstić information content (AvgIpc) is 3.21. The molecule has 2 aromatic rings. The number of carbonyl (C=O) groups is 1. The molecule has 0 spiro atoms. The van der Waals surface area contributed by atoms with Crippen LogP contribution < -0.4 is 14.4 Å². The van der Waals surface area contributed by atoms with Crippen LogP contribution in [0.25, 0.3) is 0 Å². The first-order valence-corrected chi connectivity index (χ1v) is 8.46. The normalized spacial score (nSPS) is 20.2. The van der Waals surface area contributed by atoms with Crippen molar-refractivity contribution in [2.75, 3.05) is 24.7 Å². The van der Waals surface area contributed by atoms with E-state index in [1.165, 1.54) is 0 Å². The van der Waals surface area contributed by atoms with Crippen molar-refractivity contribution in [1.29, 1.82) is 0 Å². The van der Waals surface area contributed by atoms with E-state index in [2.05, 4.69) is 10.1 Å². The quantitative estimate of drug-likeness (QED) is 0.834. The van der Waals surface area contributed by atoms with E-state index in [0.29, 0.717) is 49.4 Å². The summed E-state index contributed by atoms with van der Waals surface area (Å²) in [5, 5.41) is 4.06. The third kappa shape index (κ3) is 2.94. The first kappa shape index (κ1) is 15.9. The van der Waals surface area contributed by atoms with Crippen LogP contribution in [0, 0.1) is 0 Å². The second-order valence-corrected chi connectivity index (χ2v) is 7.44. The number of carbonyl (C=O) groups excluding carboxylic acids is 1. The number of rotatable bonds is 2. The molecule has 1 atom stereocenters. The highest BCUT2D eigenvalue weighted by atomic mass is 16.6. The van der Waals surface area contributed by atoms with E-state index in [0.717, 1.165) is 5.69 Å². The number of anilines is 1. The largest absolute Gasteiger partial charge is 0.486 e. The molecule has 0 saturated carbocycles. The third-order valence-electron chi connectivity index (χ3n) is 4.42. The van der Waals surface area contributed by atoms with Crippen LogP contribution in [0.1, 0.15) is 44.8 Å². The summed E-state index contributed by atoms with van der Waals surface area (Å²) in [6.07, 6.45) is 0.361. The predicted octanol–water partition coefficient (Wildman–Crippen LogP) is 2.66. The summed E-state index contributed by atoms with van der Waals surface area (Å²) in [5.74, 6) is 2.52. The summed E-state index contributed by atoms with van der Waals surface area (Å²) in [5.41, 5.74) is 0.618. The molecule has 0 N–H and O–H groups in total. The van der Waals surface area contributed by atoms with Gasteiger partial charge in [-0.05, 0) is 12.1 Å². The Bertz CT molecular complexity index is 809. The molecule has 132 valence electrons. The van der Waals surface area contributed by atoms with E-state index in [-0.39, 0.29) is 17.2 Å². The van der Waals surface area contributed by atoms with Gasteiger partial charge in [-0.25, -0.2) is 0 Å². The monoisotopic (exact) mass is 343 g/mol. The van der Waals surface area contributed by atoms with Crippen molar-refractivity contribution in [3.63, 3.8) is 0 Å². The van der Waals surface area contributed by atoms with Crippen molar-refractivity contribution < 1.29 is 18.8 Å². The fraction of sp³-hybridized carbons (Fsp3) is 0.500. The van der Waals surface area contributed by atoms with E-state index >= 15 is 0 Å². The van der Waals surface area contributed by atoms with Crippen LogP contribution in [0.4, 0.5) is 5.69 Å². The first-order chi connectivity index (χ1) is 11.9. The highest BCUT2D eigenvalue weighted by Crippen LogP contribution is 2.37. The smallest absolute Gasteiger partial charge is 0.232 e. The summed E-state index contributed by atoms with van der Waals surface area (Å²) in [7, 11) is 0. The Morgan fingerprint density at radius 2 is 1.92 bits per heavy atom. The molecule has 2 aliphatic heterocycles.